The minimum Gasteiger partial charge on any atom is -0.465 e. The lowest BCUT2D eigenvalue weighted by molar-refractivity contribution is 0.0602. The molecule has 1 saturated carbocycles. The van der Waals surface area contributed by atoms with Gasteiger partial charge in [-0.1, -0.05) is 5.21 Å². The highest BCUT2D eigenvalue weighted by Crippen LogP contribution is 2.40. The van der Waals surface area contributed by atoms with Crippen molar-refractivity contribution >= 4 is 11.6 Å². The summed E-state index contributed by atoms with van der Waals surface area (Å²) in [5.74, 6) is 0.192. The van der Waals surface area contributed by atoms with Crippen LogP contribution in [0.5, 0.6) is 0 Å². The summed E-state index contributed by atoms with van der Waals surface area (Å²) in [5.41, 5.74) is 3.98. The molecule has 1 aliphatic rings. The van der Waals surface area contributed by atoms with E-state index in [1.54, 1.807) is 4.68 Å². The van der Waals surface area contributed by atoms with Gasteiger partial charge in [-0.05, 0) is 37.3 Å². The Morgan fingerprint density at radius 2 is 2.17 bits per heavy atom. The summed E-state index contributed by atoms with van der Waals surface area (Å²) < 4.78 is 8.56. The molecule has 1 fully saturated rings. The molecular formula is C16H17N5O2. The first-order valence-electron chi connectivity index (χ1n) is 7.60. The maximum atomic E-state index is 12.1. The zero-order valence-electron chi connectivity index (χ0n) is 13.1. The van der Waals surface area contributed by atoms with Gasteiger partial charge in [-0.25, -0.2) is 14.5 Å². The molecule has 7 nitrogen and oxygen atoms in total. The van der Waals surface area contributed by atoms with Crippen molar-refractivity contribution in [2.45, 2.75) is 32.2 Å². The zero-order valence-corrected chi connectivity index (χ0v) is 13.1. The van der Waals surface area contributed by atoms with Gasteiger partial charge in [0, 0.05) is 18.6 Å². The van der Waals surface area contributed by atoms with E-state index in [4.69, 9.17) is 4.74 Å². The van der Waals surface area contributed by atoms with Crippen LogP contribution in [0.15, 0.2) is 24.7 Å². The molecule has 0 atom stereocenters. The molecule has 0 radical (unpaired) electrons. The van der Waals surface area contributed by atoms with Crippen molar-refractivity contribution in [3.8, 4) is 0 Å². The molecule has 7 heteroatoms. The van der Waals surface area contributed by atoms with Crippen LogP contribution in [0.1, 0.15) is 46.1 Å². The number of aryl methyl sites for hydroxylation is 1. The van der Waals surface area contributed by atoms with Crippen molar-refractivity contribution in [1.29, 1.82) is 0 Å². The number of rotatable bonds is 4. The summed E-state index contributed by atoms with van der Waals surface area (Å²) in [7, 11) is 1.39. The van der Waals surface area contributed by atoms with Gasteiger partial charge in [0.05, 0.1) is 25.0 Å². The van der Waals surface area contributed by atoms with Gasteiger partial charge in [-0.3, -0.25) is 0 Å². The maximum absolute atomic E-state index is 12.1. The van der Waals surface area contributed by atoms with Crippen LogP contribution < -0.4 is 0 Å². The third kappa shape index (κ3) is 2.58. The van der Waals surface area contributed by atoms with Crippen LogP contribution in [0.25, 0.3) is 5.65 Å². The van der Waals surface area contributed by atoms with Crippen molar-refractivity contribution in [1.82, 2.24) is 24.4 Å². The Morgan fingerprint density at radius 3 is 2.83 bits per heavy atom. The fraction of sp³-hybridized carbons (Fsp3) is 0.375. The third-order valence-corrected chi connectivity index (χ3v) is 4.05. The molecule has 0 unspecified atom stereocenters. The molecule has 4 rings (SSSR count). The predicted octanol–water partition coefficient (Wildman–Crippen LogP) is 1.95. The first-order chi connectivity index (χ1) is 11.1. The van der Waals surface area contributed by atoms with E-state index in [0.29, 0.717) is 23.7 Å². The Bertz CT molecular complexity index is 891. The monoisotopic (exact) mass is 311 g/mol. The van der Waals surface area contributed by atoms with Gasteiger partial charge in [-0.15, -0.1) is 5.10 Å². The smallest absolute Gasteiger partial charge is 0.341 e. The van der Waals surface area contributed by atoms with E-state index < -0.39 is 0 Å². The average Bonchev–Trinajstić information content (AvgIpc) is 3.20. The Morgan fingerprint density at radius 1 is 1.35 bits per heavy atom. The molecule has 3 aromatic rings. The lowest BCUT2D eigenvalue weighted by atomic mass is 10.1. The van der Waals surface area contributed by atoms with E-state index in [1.165, 1.54) is 25.5 Å². The van der Waals surface area contributed by atoms with Crippen molar-refractivity contribution in [2.75, 3.05) is 7.11 Å². The lowest BCUT2D eigenvalue weighted by Crippen LogP contribution is -2.05. The first-order valence-corrected chi connectivity index (χ1v) is 7.60. The van der Waals surface area contributed by atoms with Gasteiger partial charge in [0.15, 0.2) is 5.65 Å². The first kappa shape index (κ1) is 13.9. The Kier molecular flexibility index (Phi) is 3.14. The summed E-state index contributed by atoms with van der Waals surface area (Å²) in [6, 6.07) is 1.91. The molecule has 0 saturated heterocycles. The number of imidazole rings is 1. The number of carbonyl (C=O) groups is 1. The number of esters is 1. The molecule has 0 amide bonds. The summed E-state index contributed by atoms with van der Waals surface area (Å²) >= 11 is 0. The molecular weight excluding hydrogens is 294 g/mol. The molecule has 23 heavy (non-hydrogen) atoms. The second-order valence-electron chi connectivity index (χ2n) is 5.97. The Balaban J connectivity index is 1.78. The van der Waals surface area contributed by atoms with E-state index in [9.17, 15) is 4.79 Å². The number of fused-ring (bicyclic) bond motifs is 1. The van der Waals surface area contributed by atoms with E-state index in [-0.39, 0.29) is 5.97 Å². The van der Waals surface area contributed by atoms with Crippen LogP contribution >= 0.6 is 0 Å². The van der Waals surface area contributed by atoms with Crippen LogP contribution in [0.2, 0.25) is 0 Å². The number of methoxy groups -OCH3 is 1. The fourth-order valence-corrected chi connectivity index (χ4v) is 2.79. The Hall–Kier alpha value is -2.70. The Labute approximate surface area is 132 Å². The van der Waals surface area contributed by atoms with E-state index in [2.05, 4.69) is 21.5 Å². The van der Waals surface area contributed by atoms with Gasteiger partial charge in [0.1, 0.15) is 5.56 Å². The highest BCUT2D eigenvalue weighted by molar-refractivity contribution is 5.96. The minimum absolute atomic E-state index is 0.355. The van der Waals surface area contributed by atoms with E-state index >= 15 is 0 Å². The van der Waals surface area contributed by atoms with E-state index in [1.807, 2.05) is 29.8 Å². The zero-order chi connectivity index (χ0) is 16.0. The van der Waals surface area contributed by atoms with Gasteiger partial charge in [0.2, 0.25) is 0 Å². The summed E-state index contributed by atoms with van der Waals surface area (Å²) in [5, 5.41) is 8.01. The molecule has 1 aliphatic carbocycles. The van der Waals surface area contributed by atoms with Gasteiger partial charge >= 0.3 is 5.97 Å². The normalized spacial score (nSPS) is 14.3. The fourth-order valence-electron chi connectivity index (χ4n) is 2.79. The van der Waals surface area contributed by atoms with Crippen LogP contribution in [-0.4, -0.2) is 37.5 Å². The highest BCUT2D eigenvalue weighted by Gasteiger charge is 2.26. The molecule has 0 aliphatic heterocycles. The van der Waals surface area contributed by atoms with Crippen LogP contribution in [0, 0.1) is 6.92 Å². The summed E-state index contributed by atoms with van der Waals surface area (Å²) in [6.07, 6.45) is 8.20. The summed E-state index contributed by atoms with van der Waals surface area (Å²) in [4.78, 5) is 16.7. The number of aromatic nitrogens is 5. The van der Waals surface area contributed by atoms with Crippen LogP contribution in [-0.2, 0) is 11.3 Å². The van der Waals surface area contributed by atoms with Gasteiger partial charge in [-0.2, -0.15) is 0 Å². The summed E-state index contributed by atoms with van der Waals surface area (Å²) in [6.45, 7) is 2.41. The van der Waals surface area contributed by atoms with Crippen LogP contribution in [0.4, 0.5) is 0 Å². The number of hydrogen-bond donors (Lipinski definition) is 0. The van der Waals surface area contributed by atoms with Crippen LogP contribution in [0.3, 0.4) is 0 Å². The highest BCUT2D eigenvalue weighted by atomic mass is 16.5. The van der Waals surface area contributed by atoms with Crippen molar-refractivity contribution in [2.24, 2.45) is 0 Å². The molecule has 0 spiro atoms. The standard InChI is InChI=1S/C16H17N5O2/c1-10-6-21(19-18-10)9-13-8-20-7-12(11-3-4-11)5-14(15(20)17-13)16(22)23-2/h5-8,11H,3-4,9H2,1-2H3. The maximum Gasteiger partial charge on any atom is 0.341 e. The molecule has 0 N–H and O–H groups in total. The lowest BCUT2D eigenvalue weighted by Gasteiger charge is -2.05. The molecule has 3 aromatic heterocycles. The quantitative estimate of drug-likeness (QED) is 0.688. The van der Waals surface area contributed by atoms with Crippen molar-refractivity contribution in [3.63, 3.8) is 0 Å². The molecule has 0 aromatic carbocycles. The largest absolute Gasteiger partial charge is 0.465 e. The third-order valence-electron chi connectivity index (χ3n) is 4.05. The van der Waals surface area contributed by atoms with Crippen molar-refractivity contribution in [3.05, 3.63) is 47.2 Å². The van der Waals surface area contributed by atoms with E-state index in [0.717, 1.165) is 11.4 Å². The molecule has 0 bridgehead atoms. The number of ether oxygens (including phenoxy) is 1. The average molecular weight is 311 g/mol. The topological polar surface area (TPSA) is 74.3 Å². The predicted molar refractivity (Wildman–Crippen MR) is 82.4 cm³/mol. The van der Waals surface area contributed by atoms with Gasteiger partial charge in [0.25, 0.3) is 0 Å². The SMILES string of the molecule is COC(=O)c1cc(C2CC2)cn2cc(Cn3cc(C)nn3)nc12. The second kappa shape index (κ2) is 5.19. The number of pyridine rings is 1. The minimum atomic E-state index is -0.355. The second-order valence-corrected chi connectivity index (χ2v) is 5.97. The molecule has 3 heterocycles. The molecule has 118 valence electrons. The number of carbonyl (C=O) groups excluding carboxylic acids is 1. The number of nitrogens with zero attached hydrogens (tertiary/aromatic N) is 5. The van der Waals surface area contributed by atoms with Crippen molar-refractivity contribution < 1.29 is 9.53 Å². The van der Waals surface area contributed by atoms with Gasteiger partial charge < -0.3 is 9.14 Å². The number of hydrogen-bond acceptors (Lipinski definition) is 5.